The van der Waals surface area contributed by atoms with Crippen LogP contribution in [0, 0.1) is 0 Å². The highest BCUT2D eigenvalue weighted by atomic mass is 32.2. The second kappa shape index (κ2) is 5.88. The third kappa shape index (κ3) is 2.41. The van der Waals surface area contributed by atoms with Gasteiger partial charge in [0.15, 0.2) is 0 Å². The highest BCUT2D eigenvalue weighted by Crippen LogP contribution is 2.52. The van der Waals surface area contributed by atoms with E-state index in [0.29, 0.717) is 6.42 Å². The Labute approximate surface area is 129 Å². The van der Waals surface area contributed by atoms with Crippen LogP contribution < -0.4 is 4.90 Å². The van der Waals surface area contributed by atoms with E-state index >= 15 is 0 Å². The molecule has 1 N–H and O–H groups in total. The summed E-state index contributed by atoms with van der Waals surface area (Å²) < 4.78 is 1.15. The highest BCUT2D eigenvalue weighted by molar-refractivity contribution is 8.21. The second-order valence-corrected chi connectivity index (χ2v) is 7.01. The zero-order chi connectivity index (χ0) is 14.9. The molecule has 20 heavy (non-hydrogen) atoms. The summed E-state index contributed by atoms with van der Waals surface area (Å²) in [6, 6.07) is 8.07. The van der Waals surface area contributed by atoms with Crippen molar-refractivity contribution in [3.05, 3.63) is 51.9 Å². The predicted octanol–water partition coefficient (Wildman–Crippen LogP) is 4.19. The third-order valence-corrected chi connectivity index (χ3v) is 5.69. The van der Waals surface area contributed by atoms with Gasteiger partial charge in [0.25, 0.3) is 0 Å². The normalized spacial score (nSPS) is 21.1. The molecular weight excluding hydrogens is 286 g/mol. The monoisotopic (exact) mass is 307 g/mol. The number of anilines is 1. The Balaban J connectivity index is 2.69. The van der Waals surface area contributed by atoms with E-state index < -0.39 is 5.60 Å². The minimum absolute atomic E-state index is 0.550. The topological polar surface area (TPSA) is 23.5 Å². The number of hydrogen-bond donors (Lipinski definition) is 1. The second-order valence-electron chi connectivity index (χ2n) is 5.11. The zero-order valence-electron chi connectivity index (χ0n) is 12.4. The molecular formula is C16H21NOS2. The molecule has 108 valence electrons. The van der Waals surface area contributed by atoms with Crippen molar-refractivity contribution in [1.29, 1.82) is 0 Å². The van der Waals surface area contributed by atoms with Gasteiger partial charge in [-0.25, -0.2) is 0 Å². The molecule has 0 bridgehead atoms. The van der Waals surface area contributed by atoms with E-state index in [9.17, 15) is 5.11 Å². The van der Waals surface area contributed by atoms with Crippen molar-refractivity contribution in [1.82, 2.24) is 0 Å². The Kier molecular flexibility index (Phi) is 4.57. The minimum Gasteiger partial charge on any atom is -0.378 e. The maximum atomic E-state index is 11.4. The molecule has 0 fully saturated rings. The van der Waals surface area contributed by atoms with Crippen LogP contribution in [0.5, 0.6) is 0 Å². The number of fused-ring (bicyclic) bond motifs is 1. The summed E-state index contributed by atoms with van der Waals surface area (Å²) in [4.78, 5) is 2.11. The van der Waals surface area contributed by atoms with E-state index in [1.807, 2.05) is 32.2 Å². The summed E-state index contributed by atoms with van der Waals surface area (Å²) >= 11 is 3.36. The Morgan fingerprint density at radius 3 is 2.45 bits per heavy atom. The number of likely N-dealkylation sites (N-methyl/N-ethyl adjacent to an activating group) is 1. The van der Waals surface area contributed by atoms with Crippen molar-refractivity contribution in [3.63, 3.8) is 0 Å². The van der Waals surface area contributed by atoms with Crippen LogP contribution in [0.1, 0.15) is 18.9 Å². The molecule has 0 saturated heterocycles. The fraction of sp³-hybridized carbons (Fsp3) is 0.375. The first-order chi connectivity index (χ1) is 9.45. The van der Waals surface area contributed by atoms with Crippen LogP contribution in [0.3, 0.4) is 0 Å². The van der Waals surface area contributed by atoms with E-state index in [-0.39, 0.29) is 0 Å². The number of nitrogens with zero attached hydrogens (tertiary/aromatic N) is 1. The van der Waals surface area contributed by atoms with Gasteiger partial charge in [0.1, 0.15) is 5.60 Å². The largest absolute Gasteiger partial charge is 0.378 e. The molecule has 1 unspecified atom stereocenters. The smallest absolute Gasteiger partial charge is 0.137 e. The van der Waals surface area contributed by atoms with Gasteiger partial charge < -0.3 is 10.0 Å². The molecule has 0 saturated carbocycles. The van der Waals surface area contributed by atoms with Crippen molar-refractivity contribution in [2.75, 3.05) is 24.5 Å². The summed E-state index contributed by atoms with van der Waals surface area (Å²) in [6.07, 6.45) is 4.65. The van der Waals surface area contributed by atoms with Crippen molar-refractivity contribution in [2.24, 2.45) is 0 Å². The van der Waals surface area contributed by atoms with Crippen LogP contribution in [0.4, 0.5) is 5.69 Å². The van der Waals surface area contributed by atoms with E-state index in [0.717, 1.165) is 26.8 Å². The number of hydrogen-bond acceptors (Lipinski definition) is 4. The molecule has 1 aliphatic heterocycles. The fourth-order valence-corrected chi connectivity index (χ4v) is 4.50. The lowest BCUT2D eigenvalue weighted by molar-refractivity contribution is 0.0822. The summed E-state index contributed by atoms with van der Waals surface area (Å²) in [5, 5.41) is 11.4. The standard InChI is InChI=1S/C16H21NOS2/c1-11(2)10-16(18)12-8-6-7-9-13(12)17(3)14(16)15(19-4)20-5/h6-9,18H,1,10H2,2-5H3. The first-order valence-corrected chi connectivity index (χ1v) is 8.93. The average molecular weight is 307 g/mol. The molecule has 1 heterocycles. The molecule has 4 heteroatoms. The molecule has 0 spiro atoms. The Morgan fingerprint density at radius 1 is 1.30 bits per heavy atom. The first-order valence-electron chi connectivity index (χ1n) is 6.48. The minimum atomic E-state index is -0.974. The quantitative estimate of drug-likeness (QED) is 0.843. The van der Waals surface area contributed by atoms with Crippen LogP contribution >= 0.6 is 23.5 Å². The number of rotatable bonds is 4. The van der Waals surface area contributed by atoms with Crippen LogP contribution in [0.25, 0.3) is 0 Å². The number of thioether (sulfide) groups is 2. The van der Waals surface area contributed by atoms with Gasteiger partial charge in [-0.3, -0.25) is 0 Å². The van der Waals surface area contributed by atoms with E-state index in [1.54, 1.807) is 23.5 Å². The zero-order valence-corrected chi connectivity index (χ0v) is 14.1. The molecule has 0 radical (unpaired) electrons. The molecule has 0 aliphatic carbocycles. The van der Waals surface area contributed by atoms with Gasteiger partial charge in [-0.2, -0.15) is 0 Å². The maximum absolute atomic E-state index is 11.4. The molecule has 1 aliphatic rings. The fourth-order valence-electron chi connectivity index (χ4n) is 2.84. The maximum Gasteiger partial charge on any atom is 0.137 e. The Morgan fingerprint density at radius 2 is 1.90 bits per heavy atom. The summed E-state index contributed by atoms with van der Waals surface area (Å²) in [5.74, 6) is 0. The lowest BCUT2D eigenvalue weighted by atomic mass is 9.87. The first kappa shape index (κ1) is 15.5. The van der Waals surface area contributed by atoms with E-state index in [4.69, 9.17) is 0 Å². The van der Waals surface area contributed by atoms with Gasteiger partial charge in [0.05, 0.1) is 9.93 Å². The molecule has 1 atom stereocenters. The number of aliphatic hydroxyl groups is 1. The van der Waals surface area contributed by atoms with E-state index in [2.05, 4.69) is 30.1 Å². The van der Waals surface area contributed by atoms with E-state index in [1.165, 1.54) is 0 Å². The van der Waals surface area contributed by atoms with Crippen molar-refractivity contribution >= 4 is 29.2 Å². The number of benzene rings is 1. The summed E-state index contributed by atoms with van der Waals surface area (Å²) in [7, 11) is 2.02. The van der Waals surface area contributed by atoms with Crippen molar-refractivity contribution in [3.8, 4) is 0 Å². The average Bonchev–Trinajstić information content (AvgIpc) is 2.62. The van der Waals surface area contributed by atoms with Gasteiger partial charge in [-0.1, -0.05) is 23.8 Å². The Bertz CT molecular complexity index is 561. The summed E-state index contributed by atoms with van der Waals surface area (Å²) in [5.41, 5.74) is 3.03. The molecule has 1 aromatic rings. The van der Waals surface area contributed by atoms with Crippen molar-refractivity contribution in [2.45, 2.75) is 18.9 Å². The van der Waals surface area contributed by atoms with Gasteiger partial charge in [-0.05, 0) is 25.5 Å². The van der Waals surface area contributed by atoms with Crippen LogP contribution in [0.15, 0.2) is 46.4 Å². The molecule has 2 nitrogen and oxygen atoms in total. The van der Waals surface area contributed by atoms with Gasteiger partial charge >= 0.3 is 0 Å². The summed E-state index contributed by atoms with van der Waals surface area (Å²) in [6.45, 7) is 5.96. The predicted molar refractivity (Wildman–Crippen MR) is 92.2 cm³/mol. The SMILES string of the molecule is C=C(C)CC1(O)C(=C(SC)SC)N(C)c2ccccc21. The van der Waals surface area contributed by atoms with Gasteiger partial charge in [0.2, 0.25) is 0 Å². The highest BCUT2D eigenvalue weighted by Gasteiger charge is 2.45. The van der Waals surface area contributed by atoms with Crippen LogP contribution in [-0.4, -0.2) is 24.7 Å². The lowest BCUT2D eigenvalue weighted by Gasteiger charge is -2.29. The molecule has 1 aromatic carbocycles. The van der Waals surface area contributed by atoms with Gasteiger partial charge in [-0.15, -0.1) is 30.1 Å². The van der Waals surface area contributed by atoms with Crippen molar-refractivity contribution < 1.29 is 5.11 Å². The van der Waals surface area contributed by atoms with Gasteiger partial charge in [0, 0.05) is 24.7 Å². The molecule has 2 rings (SSSR count). The van der Waals surface area contributed by atoms with Crippen LogP contribution in [-0.2, 0) is 5.60 Å². The lowest BCUT2D eigenvalue weighted by Crippen LogP contribution is -2.30. The number of para-hydroxylation sites is 1. The third-order valence-electron chi connectivity index (χ3n) is 3.56. The Hall–Kier alpha value is -0.840. The molecule has 0 amide bonds. The molecule has 0 aromatic heterocycles. The van der Waals surface area contributed by atoms with Crippen LogP contribution in [0.2, 0.25) is 0 Å².